The summed E-state index contributed by atoms with van der Waals surface area (Å²) in [6.07, 6.45) is 0. The van der Waals surface area contributed by atoms with E-state index < -0.39 is 26.8 Å². The molecule has 6 nitrogen and oxygen atoms in total. The first-order chi connectivity index (χ1) is 9.46. The van der Waals surface area contributed by atoms with Gasteiger partial charge in [0.05, 0.1) is 4.90 Å². The van der Waals surface area contributed by atoms with Crippen molar-refractivity contribution in [2.24, 2.45) is 0 Å². The van der Waals surface area contributed by atoms with E-state index in [-0.39, 0.29) is 10.6 Å². The van der Waals surface area contributed by atoms with Crippen molar-refractivity contribution in [1.82, 2.24) is 14.9 Å². The van der Waals surface area contributed by atoms with Crippen LogP contribution in [0.25, 0.3) is 0 Å². The number of hydrogen-bond acceptors (Lipinski definition) is 6. The molecule has 1 amide bonds. The van der Waals surface area contributed by atoms with E-state index in [4.69, 9.17) is 0 Å². The first kappa shape index (κ1) is 14.5. The maximum Gasteiger partial charge on any atom is 0.244 e. The van der Waals surface area contributed by atoms with Crippen LogP contribution in [0, 0.1) is 5.82 Å². The molecular formula is C11H10FN3O3S2. The second-order valence-electron chi connectivity index (χ2n) is 3.82. The molecule has 2 rings (SSSR count). The number of benzene rings is 1. The first-order valence-electron chi connectivity index (χ1n) is 5.45. The number of hydrogen-bond donors (Lipinski definition) is 1. The van der Waals surface area contributed by atoms with Crippen molar-refractivity contribution in [3.8, 4) is 0 Å². The Morgan fingerprint density at radius 2 is 2.00 bits per heavy atom. The van der Waals surface area contributed by atoms with Crippen LogP contribution in [0.3, 0.4) is 0 Å². The maximum atomic E-state index is 12.9. The summed E-state index contributed by atoms with van der Waals surface area (Å²) in [5.74, 6) is -1.28. The SMILES string of the molecule is CNC(=O)C(c1csnn1)S(=O)(=O)c1ccc(F)cc1. The van der Waals surface area contributed by atoms with Gasteiger partial charge in [-0.1, -0.05) is 4.49 Å². The Morgan fingerprint density at radius 1 is 1.35 bits per heavy atom. The number of aromatic nitrogens is 2. The highest BCUT2D eigenvalue weighted by Gasteiger charge is 2.37. The molecule has 1 aromatic heterocycles. The number of carbonyl (C=O) groups excluding carboxylic acids is 1. The molecule has 0 spiro atoms. The van der Waals surface area contributed by atoms with Gasteiger partial charge in [-0.25, -0.2) is 12.8 Å². The molecule has 106 valence electrons. The number of rotatable bonds is 4. The van der Waals surface area contributed by atoms with Crippen LogP contribution in [0.5, 0.6) is 0 Å². The summed E-state index contributed by atoms with van der Waals surface area (Å²) in [5.41, 5.74) is 0.0404. The summed E-state index contributed by atoms with van der Waals surface area (Å²) in [6.45, 7) is 0. The molecule has 9 heteroatoms. The van der Waals surface area contributed by atoms with Crippen LogP contribution in [0.2, 0.25) is 0 Å². The number of sulfone groups is 1. The molecule has 0 bridgehead atoms. The average molecular weight is 315 g/mol. The Bertz CT molecular complexity index is 699. The van der Waals surface area contributed by atoms with Gasteiger partial charge in [0.25, 0.3) is 0 Å². The Labute approximate surface area is 118 Å². The average Bonchev–Trinajstić information content (AvgIpc) is 2.92. The predicted octanol–water partition coefficient (Wildman–Crippen LogP) is 0.938. The summed E-state index contributed by atoms with van der Waals surface area (Å²) >= 11 is 0.944. The molecule has 20 heavy (non-hydrogen) atoms. The highest BCUT2D eigenvalue weighted by molar-refractivity contribution is 7.92. The summed E-state index contributed by atoms with van der Waals surface area (Å²) in [4.78, 5) is 11.7. The van der Waals surface area contributed by atoms with Gasteiger partial charge in [0.2, 0.25) is 5.91 Å². The lowest BCUT2D eigenvalue weighted by atomic mass is 10.3. The van der Waals surface area contributed by atoms with Crippen LogP contribution in [0.1, 0.15) is 10.9 Å². The quantitative estimate of drug-likeness (QED) is 0.848. The van der Waals surface area contributed by atoms with E-state index >= 15 is 0 Å². The summed E-state index contributed by atoms with van der Waals surface area (Å²) < 4.78 is 41.4. The number of nitrogens with one attached hydrogen (secondary N) is 1. The van der Waals surface area contributed by atoms with E-state index in [1.807, 2.05) is 0 Å². The van der Waals surface area contributed by atoms with Crippen molar-refractivity contribution < 1.29 is 17.6 Å². The second-order valence-corrected chi connectivity index (χ2v) is 6.47. The summed E-state index contributed by atoms with van der Waals surface area (Å²) in [6, 6.07) is 4.26. The van der Waals surface area contributed by atoms with Crippen molar-refractivity contribution >= 4 is 27.3 Å². The minimum Gasteiger partial charge on any atom is -0.358 e. The molecular weight excluding hydrogens is 305 g/mol. The lowest BCUT2D eigenvalue weighted by molar-refractivity contribution is -0.120. The molecule has 1 atom stereocenters. The van der Waals surface area contributed by atoms with Crippen LogP contribution >= 0.6 is 11.5 Å². The van der Waals surface area contributed by atoms with Gasteiger partial charge in [-0.05, 0) is 35.8 Å². The number of likely N-dealkylation sites (N-methyl/N-ethyl adjacent to an activating group) is 1. The van der Waals surface area contributed by atoms with Gasteiger partial charge in [-0.15, -0.1) is 5.10 Å². The first-order valence-corrected chi connectivity index (χ1v) is 7.83. The lowest BCUT2D eigenvalue weighted by Crippen LogP contribution is -2.31. The molecule has 0 radical (unpaired) electrons. The number of halogens is 1. The van der Waals surface area contributed by atoms with Crippen molar-refractivity contribution in [1.29, 1.82) is 0 Å². The smallest absolute Gasteiger partial charge is 0.244 e. The van der Waals surface area contributed by atoms with Crippen LogP contribution in [-0.4, -0.2) is 31.0 Å². The zero-order valence-electron chi connectivity index (χ0n) is 10.3. The molecule has 0 fully saturated rings. The van der Waals surface area contributed by atoms with Crippen molar-refractivity contribution in [2.45, 2.75) is 10.1 Å². The summed E-state index contributed by atoms with van der Waals surface area (Å²) in [7, 11) is -2.70. The molecule has 1 N–H and O–H groups in total. The number of nitrogens with zero attached hydrogens (tertiary/aromatic N) is 2. The highest BCUT2D eigenvalue weighted by atomic mass is 32.2. The Hall–Kier alpha value is -1.87. The second kappa shape index (κ2) is 5.63. The van der Waals surface area contributed by atoms with Crippen LogP contribution < -0.4 is 5.32 Å². The number of amides is 1. The molecule has 0 saturated heterocycles. The zero-order valence-corrected chi connectivity index (χ0v) is 11.9. The van der Waals surface area contributed by atoms with Gasteiger partial charge in [0, 0.05) is 12.4 Å². The number of carbonyl (C=O) groups is 1. The van der Waals surface area contributed by atoms with E-state index in [0.29, 0.717) is 0 Å². The Kier molecular flexibility index (Phi) is 4.09. The minimum atomic E-state index is -4.03. The third-order valence-corrected chi connectivity index (χ3v) is 5.11. The van der Waals surface area contributed by atoms with Crippen LogP contribution in [0.15, 0.2) is 34.5 Å². The molecule has 1 aromatic carbocycles. The van der Waals surface area contributed by atoms with Crippen LogP contribution in [-0.2, 0) is 14.6 Å². The molecule has 0 saturated carbocycles. The van der Waals surface area contributed by atoms with Crippen molar-refractivity contribution in [2.75, 3.05) is 7.05 Å². The standard InChI is InChI=1S/C11H10FN3O3S2/c1-13-11(16)10(9-6-19-15-14-9)20(17,18)8-4-2-7(12)3-5-8/h2-6,10H,1H3,(H,13,16). The van der Waals surface area contributed by atoms with Gasteiger partial charge in [-0.2, -0.15) is 0 Å². The molecule has 0 aliphatic carbocycles. The largest absolute Gasteiger partial charge is 0.358 e. The topological polar surface area (TPSA) is 89.0 Å². The van der Waals surface area contributed by atoms with Gasteiger partial charge in [0.1, 0.15) is 11.5 Å². The van der Waals surface area contributed by atoms with E-state index in [9.17, 15) is 17.6 Å². The third-order valence-electron chi connectivity index (χ3n) is 2.58. The monoisotopic (exact) mass is 315 g/mol. The summed E-state index contributed by atoms with van der Waals surface area (Å²) in [5, 5.41) is 5.82. The van der Waals surface area contributed by atoms with Gasteiger partial charge in [-0.3, -0.25) is 4.79 Å². The van der Waals surface area contributed by atoms with Crippen molar-refractivity contribution in [3.63, 3.8) is 0 Å². The van der Waals surface area contributed by atoms with Gasteiger partial charge < -0.3 is 5.32 Å². The molecule has 0 aliphatic heterocycles. The maximum absolute atomic E-state index is 12.9. The Balaban J connectivity index is 2.53. The van der Waals surface area contributed by atoms with E-state index in [1.165, 1.54) is 12.4 Å². The molecule has 1 unspecified atom stereocenters. The van der Waals surface area contributed by atoms with Crippen LogP contribution in [0.4, 0.5) is 4.39 Å². The fraction of sp³-hybridized carbons (Fsp3) is 0.182. The molecule has 2 aromatic rings. The molecule has 0 aliphatic rings. The zero-order chi connectivity index (χ0) is 14.8. The normalized spacial score (nSPS) is 12.9. The molecule has 1 heterocycles. The van der Waals surface area contributed by atoms with E-state index in [1.54, 1.807) is 0 Å². The Morgan fingerprint density at radius 3 is 2.50 bits per heavy atom. The third kappa shape index (κ3) is 2.68. The van der Waals surface area contributed by atoms with Crippen molar-refractivity contribution in [3.05, 3.63) is 41.2 Å². The van der Waals surface area contributed by atoms with Gasteiger partial charge in [0.15, 0.2) is 15.1 Å². The fourth-order valence-corrected chi connectivity index (χ4v) is 3.80. The fourth-order valence-electron chi connectivity index (χ4n) is 1.61. The minimum absolute atomic E-state index is 0.0404. The van der Waals surface area contributed by atoms with E-state index in [0.717, 1.165) is 35.8 Å². The highest BCUT2D eigenvalue weighted by Crippen LogP contribution is 2.28. The van der Waals surface area contributed by atoms with E-state index in [2.05, 4.69) is 14.9 Å². The predicted molar refractivity (Wildman–Crippen MR) is 70.3 cm³/mol. The lowest BCUT2D eigenvalue weighted by Gasteiger charge is -2.13. The van der Waals surface area contributed by atoms with Gasteiger partial charge >= 0.3 is 0 Å².